The molecule has 1 amide bonds. The Balaban J connectivity index is 1.90. The van der Waals surface area contributed by atoms with Crippen LogP contribution >= 0.6 is 0 Å². The molecule has 0 bridgehead atoms. The molecule has 0 fully saturated rings. The molecule has 0 heterocycles. The van der Waals surface area contributed by atoms with E-state index in [4.69, 9.17) is 4.74 Å². The summed E-state index contributed by atoms with van der Waals surface area (Å²) in [5.74, 6) is 0.168. The standard InChI is InChI=1S/C20H25FN2O2/c1-15(25-18-10-8-17(21)9-11-18)14-22-20(24)19-7-5-4-6-16(19)12-13-23(2)3/h4-11,15H,12-14H2,1-3H3,(H,22,24)/t15-/m1/s1. The SMILES string of the molecule is C[C@H](CNC(=O)c1ccccc1CCN(C)C)Oc1ccc(F)cc1. The smallest absolute Gasteiger partial charge is 0.251 e. The summed E-state index contributed by atoms with van der Waals surface area (Å²) in [7, 11) is 4.02. The van der Waals surface area contributed by atoms with Crippen molar-refractivity contribution >= 4 is 5.91 Å². The number of likely N-dealkylation sites (N-methyl/N-ethyl adjacent to an activating group) is 1. The van der Waals surface area contributed by atoms with E-state index in [2.05, 4.69) is 10.2 Å². The first-order chi connectivity index (χ1) is 12.0. The van der Waals surface area contributed by atoms with Crippen molar-refractivity contribution in [3.63, 3.8) is 0 Å². The Kier molecular flexibility index (Phi) is 6.95. The zero-order chi connectivity index (χ0) is 18.2. The largest absolute Gasteiger partial charge is 0.489 e. The lowest BCUT2D eigenvalue weighted by Gasteiger charge is -2.17. The second-order valence-corrected chi connectivity index (χ2v) is 6.30. The van der Waals surface area contributed by atoms with Crippen LogP contribution in [0.1, 0.15) is 22.8 Å². The third-order valence-electron chi connectivity index (χ3n) is 3.79. The number of ether oxygens (including phenoxy) is 1. The molecule has 0 aliphatic carbocycles. The van der Waals surface area contributed by atoms with E-state index >= 15 is 0 Å². The fraction of sp³-hybridized carbons (Fsp3) is 0.350. The predicted molar refractivity (Wildman–Crippen MR) is 97.5 cm³/mol. The summed E-state index contributed by atoms with van der Waals surface area (Å²) in [6.45, 7) is 3.12. The van der Waals surface area contributed by atoms with Crippen molar-refractivity contribution < 1.29 is 13.9 Å². The molecular weight excluding hydrogens is 319 g/mol. The number of hydrogen-bond donors (Lipinski definition) is 1. The lowest BCUT2D eigenvalue weighted by atomic mass is 10.0. The van der Waals surface area contributed by atoms with Gasteiger partial charge in [0.25, 0.3) is 5.91 Å². The maximum atomic E-state index is 12.9. The maximum Gasteiger partial charge on any atom is 0.251 e. The molecule has 25 heavy (non-hydrogen) atoms. The van der Waals surface area contributed by atoms with Crippen LogP contribution in [0, 0.1) is 5.82 Å². The highest BCUT2D eigenvalue weighted by Gasteiger charge is 2.12. The van der Waals surface area contributed by atoms with Gasteiger partial charge in [-0.05, 0) is 63.3 Å². The number of amides is 1. The van der Waals surface area contributed by atoms with Crippen molar-refractivity contribution in [1.82, 2.24) is 10.2 Å². The molecule has 0 aliphatic rings. The van der Waals surface area contributed by atoms with Crippen molar-refractivity contribution in [2.75, 3.05) is 27.2 Å². The van der Waals surface area contributed by atoms with Crippen molar-refractivity contribution in [3.05, 3.63) is 65.5 Å². The summed E-state index contributed by atoms with van der Waals surface area (Å²) < 4.78 is 18.6. The Morgan fingerprint density at radius 2 is 1.84 bits per heavy atom. The highest BCUT2D eigenvalue weighted by molar-refractivity contribution is 5.95. The predicted octanol–water partition coefficient (Wildman–Crippen LogP) is 3.13. The van der Waals surface area contributed by atoms with Gasteiger partial charge in [0.05, 0.1) is 6.54 Å². The Hall–Kier alpha value is -2.40. The normalized spacial score (nSPS) is 12.0. The van der Waals surface area contributed by atoms with Gasteiger partial charge in [-0.25, -0.2) is 4.39 Å². The zero-order valence-corrected chi connectivity index (χ0v) is 15.0. The molecular formula is C20H25FN2O2. The highest BCUT2D eigenvalue weighted by Crippen LogP contribution is 2.13. The van der Waals surface area contributed by atoms with E-state index in [9.17, 15) is 9.18 Å². The third kappa shape index (κ3) is 6.19. The van der Waals surface area contributed by atoms with Crippen LogP contribution in [0.15, 0.2) is 48.5 Å². The molecule has 2 aromatic carbocycles. The number of nitrogens with one attached hydrogen (secondary N) is 1. The van der Waals surface area contributed by atoms with E-state index in [0.717, 1.165) is 18.5 Å². The fourth-order valence-electron chi connectivity index (χ4n) is 2.42. The van der Waals surface area contributed by atoms with Crippen molar-refractivity contribution in [2.45, 2.75) is 19.4 Å². The number of hydrogen-bond acceptors (Lipinski definition) is 3. The van der Waals surface area contributed by atoms with Gasteiger partial charge >= 0.3 is 0 Å². The van der Waals surface area contributed by atoms with E-state index in [1.165, 1.54) is 12.1 Å². The second-order valence-electron chi connectivity index (χ2n) is 6.30. The molecule has 2 rings (SSSR count). The Bertz CT molecular complexity index is 686. The molecule has 0 saturated carbocycles. The summed E-state index contributed by atoms with van der Waals surface area (Å²) in [6, 6.07) is 13.5. The van der Waals surface area contributed by atoms with Gasteiger partial charge in [0.2, 0.25) is 0 Å². The lowest BCUT2D eigenvalue weighted by molar-refractivity contribution is 0.0931. The van der Waals surface area contributed by atoms with Gasteiger partial charge in [0.15, 0.2) is 0 Å². The summed E-state index contributed by atoms with van der Waals surface area (Å²) >= 11 is 0. The average Bonchev–Trinajstić information content (AvgIpc) is 2.60. The molecule has 0 saturated heterocycles. The van der Waals surface area contributed by atoms with E-state index in [1.807, 2.05) is 45.3 Å². The van der Waals surface area contributed by atoms with Gasteiger partial charge in [-0.15, -0.1) is 0 Å². The number of rotatable bonds is 8. The van der Waals surface area contributed by atoms with Gasteiger partial charge in [0, 0.05) is 12.1 Å². The van der Waals surface area contributed by atoms with Crippen LogP contribution in [0.3, 0.4) is 0 Å². The fourth-order valence-corrected chi connectivity index (χ4v) is 2.42. The van der Waals surface area contributed by atoms with Crippen LogP contribution in [0.25, 0.3) is 0 Å². The van der Waals surface area contributed by atoms with E-state index in [0.29, 0.717) is 17.9 Å². The number of benzene rings is 2. The number of carbonyl (C=O) groups is 1. The van der Waals surface area contributed by atoms with Gasteiger partial charge in [-0.1, -0.05) is 18.2 Å². The Labute approximate surface area is 148 Å². The minimum atomic E-state index is -0.303. The average molecular weight is 344 g/mol. The van der Waals surface area contributed by atoms with Gasteiger partial charge in [-0.3, -0.25) is 4.79 Å². The first-order valence-electron chi connectivity index (χ1n) is 8.39. The monoisotopic (exact) mass is 344 g/mol. The summed E-state index contributed by atoms with van der Waals surface area (Å²) in [5, 5.41) is 2.91. The molecule has 0 radical (unpaired) electrons. The molecule has 1 atom stereocenters. The maximum absolute atomic E-state index is 12.9. The zero-order valence-electron chi connectivity index (χ0n) is 15.0. The molecule has 0 aliphatic heterocycles. The summed E-state index contributed by atoms with van der Waals surface area (Å²) in [4.78, 5) is 14.6. The minimum Gasteiger partial charge on any atom is -0.489 e. The molecule has 0 unspecified atom stereocenters. The van der Waals surface area contributed by atoms with E-state index in [1.54, 1.807) is 12.1 Å². The molecule has 0 aromatic heterocycles. The molecule has 2 aromatic rings. The molecule has 134 valence electrons. The molecule has 4 nitrogen and oxygen atoms in total. The minimum absolute atomic E-state index is 0.107. The second kappa shape index (κ2) is 9.18. The topological polar surface area (TPSA) is 41.6 Å². The van der Waals surface area contributed by atoms with Crippen LogP contribution < -0.4 is 10.1 Å². The summed E-state index contributed by atoms with van der Waals surface area (Å²) in [5.41, 5.74) is 1.72. The van der Waals surface area contributed by atoms with Crippen molar-refractivity contribution in [3.8, 4) is 5.75 Å². The van der Waals surface area contributed by atoms with Crippen LogP contribution in [-0.4, -0.2) is 44.1 Å². The van der Waals surface area contributed by atoms with Crippen LogP contribution in [0.2, 0.25) is 0 Å². The third-order valence-corrected chi connectivity index (χ3v) is 3.79. The molecule has 1 N–H and O–H groups in total. The van der Waals surface area contributed by atoms with Crippen LogP contribution in [0.5, 0.6) is 5.75 Å². The van der Waals surface area contributed by atoms with Crippen LogP contribution in [0.4, 0.5) is 4.39 Å². The quantitative estimate of drug-likeness (QED) is 0.800. The number of carbonyl (C=O) groups excluding carboxylic acids is 1. The summed E-state index contributed by atoms with van der Waals surface area (Å²) in [6.07, 6.45) is 0.599. The van der Waals surface area contributed by atoms with E-state index in [-0.39, 0.29) is 17.8 Å². The lowest BCUT2D eigenvalue weighted by Crippen LogP contribution is -2.34. The van der Waals surface area contributed by atoms with Gasteiger partial charge in [-0.2, -0.15) is 0 Å². The molecule has 0 spiro atoms. The Morgan fingerprint density at radius 3 is 2.52 bits per heavy atom. The van der Waals surface area contributed by atoms with Gasteiger partial charge < -0.3 is 15.0 Å². The highest BCUT2D eigenvalue weighted by atomic mass is 19.1. The first kappa shape index (κ1) is 18.9. The van der Waals surface area contributed by atoms with Crippen molar-refractivity contribution in [1.29, 1.82) is 0 Å². The first-order valence-corrected chi connectivity index (χ1v) is 8.39. The Morgan fingerprint density at radius 1 is 1.16 bits per heavy atom. The molecule has 5 heteroatoms. The number of nitrogens with zero attached hydrogens (tertiary/aromatic N) is 1. The van der Waals surface area contributed by atoms with Crippen LogP contribution in [-0.2, 0) is 6.42 Å². The number of halogens is 1. The van der Waals surface area contributed by atoms with Gasteiger partial charge in [0.1, 0.15) is 17.7 Å². The van der Waals surface area contributed by atoms with Crippen molar-refractivity contribution in [2.24, 2.45) is 0 Å². The van der Waals surface area contributed by atoms with E-state index < -0.39 is 0 Å².